The Hall–Kier alpha value is -2.73. The minimum Gasteiger partial charge on any atom is -0.496 e. The first kappa shape index (κ1) is 19.0. The van der Waals surface area contributed by atoms with E-state index in [9.17, 15) is 9.59 Å². The Morgan fingerprint density at radius 1 is 1.00 bits per heavy atom. The van der Waals surface area contributed by atoms with E-state index < -0.39 is 0 Å². The minimum atomic E-state index is -0.186. The molecule has 0 atom stereocenters. The number of carbonyl (C=O) groups is 2. The molecule has 1 heterocycles. The lowest BCUT2D eigenvalue weighted by molar-refractivity contribution is -0.112. The highest BCUT2D eigenvalue weighted by molar-refractivity contribution is 8.04. The molecule has 0 saturated heterocycles. The molecule has 1 aliphatic rings. The van der Waals surface area contributed by atoms with Gasteiger partial charge >= 0.3 is 0 Å². The van der Waals surface area contributed by atoms with Crippen molar-refractivity contribution in [3.63, 3.8) is 0 Å². The first-order valence-corrected chi connectivity index (χ1v) is 9.73. The topological polar surface area (TPSA) is 67.4 Å². The zero-order chi connectivity index (χ0) is 19.2. The number of amides is 2. The number of rotatable bonds is 5. The molecule has 1 aliphatic heterocycles. The van der Waals surface area contributed by atoms with E-state index in [0.29, 0.717) is 35.1 Å². The molecule has 0 bridgehead atoms. The van der Waals surface area contributed by atoms with Crippen molar-refractivity contribution in [2.24, 2.45) is 0 Å². The SMILES string of the molecule is CC1=C(C(=O)Nc2ccc(C(=O)NCc3ccc(C)cc3)cc2)SCCO1. The van der Waals surface area contributed by atoms with Crippen LogP contribution in [-0.4, -0.2) is 24.2 Å². The van der Waals surface area contributed by atoms with Crippen LogP contribution in [0, 0.1) is 6.92 Å². The molecule has 0 fully saturated rings. The molecule has 3 rings (SSSR count). The lowest BCUT2D eigenvalue weighted by Gasteiger charge is -2.17. The summed E-state index contributed by atoms with van der Waals surface area (Å²) in [5.74, 6) is 1.08. The van der Waals surface area contributed by atoms with E-state index in [2.05, 4.69) is 10.6 Å². The third-order valence-electron chi connectivity index (χ3n) is 4.15. The maximum atomic E-state index is 12.3. The summed E-state index contributed by atoms with van der Waals surface area (Å²) in [7, 11) is 0. The van der Waals surface area contributed by atoms with Gasteiger partial charge in [0.1, 0.15) is 10.7 Å². The third kappa shape index (κ3) is 5.14. The van der Waals surface area contributed by atoms with Gasteiger partial charge in [-0.1, -0.05) is 29.8 Å². The van der Waals surface area contributed by atoms with Gasteiger partial charge in [0.05, 0.1) is 6.61 Å². The van der Waals surface area contributed by atoms with E-state index in [-0.39, 0.29) is 11.8 Å². The second-order valence-electron chi connectivity index (χ2n) is 6.28. The second kappa shape index (κ2) is 8.77. The van der Waals surface area contributed by atoms with Crippen molar-refractivity contribution in [1.82, 2.24) is 5.32 Å². The molecule has 0 radical (unpaired) electrons. The largest absolute Gasteiger partial charge is 0.496 e. The molecule has 2 N–H and O–H groups in total. The van der Waals surface area contributed by atoms with Crippen molar-refractivity contribution in [3.8, 4) is 0 Å². The highest BCUT2D eigenvalue weighted by Gasteiger charge is 2.18. The summed E-state index contributed by atoms with van der Waals surface area (Å²) in [6.45, 7) is 4.92. The van der Waals surface area contributed by atoms with Crippen LogP contribution in [0.2, 0.25) is 0 Å². The number of hydrogen-bond acceptors (Lipinski definition) is 4. The Kier molecular flexibility index (Phi) is 6.19. The quantitative estimate of drug-likeness (QED) is 0.824. The highest BCUT2D eigenvalue weighted by atomic mass is 32.2. The zero-order valence-electron chi connectivity index (χ0n) is 15.4. The minimum absolute atomic E-state index is 0.150. The average Bonchev–Trinajstić information content (AvgIpc) is 2.68. The van der Waals surface area contributed by atoms with Gasteiger partial charge < -0.3 is 15.4 Å². The maximum absolute atomic E-state index is 12.3. The Bertz CT molecular complexity index is 858. The van der Waals surface area contributed by atoms with E-state index in [0.717, 1.165) is 11.3 Å². The lowest BCUT2D eigenvalue weighted by atomic mass is 10.1. The number of anilines is 1. The zero-order valence-corrected chi connectivity index (χ0v) is 16.2. The lowest BCUT2D eigenvalue weighted by Crippen LogP contribution is -2.23. The van der Waals surface area contributed by atoms with Crippen LogP contribution in [-0.2, 0) is 16.1 Å². The van der Waals surface area contributed by atoms with Crippen molar-refractivity contribution >= 4 is 29.3 Å². The number of aryl methyl sites for hydroxylation is 1. The molecule has 2 aromatic rings. The van der Waals surface area contributed by atoms with Gasteiger partial charge in [0.2, 0.25) is 0 Å². The van der Waals surface area contributed by atoms with Crippen LogP contribution in [0.25, 0.3) is 0 Å². The van der Waals surface area contributed by atoms with Gasteiger partial charge in [0, 0.05) is 23.5 Å². The molecule has 0 spiro atoms. The van der Waals surface area contributed by atoms with Gasteiger partial charge in [-0.15, -0.1) is 11.8 Å². The van der Waals surface area contributed by atoms with Gasteiger partial charge in [-0.05, 0) is 43.7 Å². The molecule has 0 saturated carbocycles. The van der Waals surface area contributed by atoms with Crippen LogP contribution >= 0.6 is 11.8 Å². The number of nitrogens with one attached hydrogen (secondary N) is 2. The molecule has 140 valence electrons. The predicted octanol–water partition coefficient (Wildman–Crippen LogP) is 3.86. The van der Waals surface area contributed by atoms with Crippen LogP contribution in [0.15, 0.2) is 59.2 Å². The van der Waals surface area contributed by atoms with Gasteiger partial charge in [-0.25, -0.2) is 0 Å². The molecule has 5 nitrogen and oxygen atoms in total. The molecular weight excluding hydrogens is 360 g/mol. The highest BCUT2D eigenvalue weighted by Crippen LogP contribution is 2.26. The number of benzene rings is 2. The summed E-state index contributed by atoms with van der Waals surface area (Å²) in [6.07, 6.45) is 0. The molecule has 27 heavy (non-hydrogen) atoms. The molecule has 0 aliphatic carbocycles. The number of carbonyl (C=O) groups excluding carboxylic acids is 2. The summed E-state index contributed by atoms with van der Waals surface area (Å²) in [5, 5.41) is 5.74. The average molecular weight is 382 g/mol. The van der Waals surface area contributed by atoms with Crippen molar-refractivity contribution in [2.45, 2.75) is 20.4 Å². The van der Waals surface area contributed by atoms with Crippen LogP contribution in [0.5, 0.6) is 0 Å². The molecule has 2 amide bonds. The van der Waals surface area contributed by atoms with Crippen LogP contribution in [0.4, 0.5) is 5.69 Å². The van der Waals surface area contributed by atoms with Crippen molar-refractivity contribution in [2.75, 3.05) is 17.7 Å². The summed E-state index contributed by atoms with van der Waals surface area (Å²) < 4.78 is 5.41. The summed E-state index contributed by atoms with van der Waals surface area (Å²) in [4.78, 5) is 25.2. The second-order valence-corrected chi connectivity index (χ2v) is 7.39. The molecule has 0 aromatic heterocycles. The smallest absolute Gasteiger partial charge is 0.265 e. The molecular formula is C21H22N2O3S. The fourth-order valence-electron chi connectivity index (χ4n) is 2.61. The standard InChI is InChI=1S/C21H22N2O3S/c1-14-3-5-16(6-4-14)13-22-20(24)17-7-9-18(10-8-17)23-21(25)19-15(2)26-11-12-27-19/h3-10H,11-13H2,1-2H3,(H,22,24)(H,23,25). The summed E-state index contributed by atoms with van der Waals surface area (Å²) in [5.41, 5.74) is 3.42. The van der Waals surface area contributed by atoms with Gasteiger partial charge in [-0.2, -0.15) is 0 Å². The van der Waals surface area contributed by atoms with E-state index in [1.807, 2.05) is 31.2 Å². The number of thioether (sulfide) groups is 1. The van der Waals surface area contributed by atoms with E-state index >= 15 is 0 Å². The third-order valence-corrected chi connectivity index (χ3v) is 5.29. The van der Waals surface area contributed by atoms with Gasteiger partial charge in [0.15, 0.2) is 0 Å². The first-order chi connectivity index (χ1) is 13.0. The Morgan fingerprint density at radius 3 is 2.37 bits per heavy atom. The number of allylic oxidation sites excluding steroid dienone is 1. The maximum Gasteiger partial charge on any atom is 0.265 e. The van der Waals surface area contributed by atoms with Crippen molar-refractivity contribution < 1.29 is 14.3 Å². The van der Waals surface area contributed by atoms with Gasteiger partial charge in [0.25, 0.3) is 11.8 Å². The van der Waals surface area contributed by atoms with Crippen molar-refractivity contribution in [3.05, 3.63) is 75.9 Å². The van der Waals surface area contributed by atoms with E-state index in [4.69, 9.17) is 4.74 Å². The Morgan fingerprint density at radius 2 is 1.70 bits per heavy atom. The van der Waals surface area contributed by atoms with Crippen molar-refractivity contribution in [1.29, 1.82) is 0 Å². The number of hydrogen-bond donors (Lipinski definition) is 2. The predicted molar refractivity (Wildman–Crippen MR) is 109 cm³/mol. The summed E-state index contributed by atoms with van der Waals surface area (Å²) in [6, 6.07) is 14.9. The fraction of sp³-hybridized carbons (Fsp3) is 0.238. The van der Waals surface area contributed by atoms with E-state index in [1.165, 1.54) is 17.3 Å². The Labute approximate surface area is 163 Å². The normalized spacial score (nSPS) is 13.7. The first-order valence-electron chi connectivity index (χ1n) is 8.74. The fourth-order valence-corrected chi connectivity index (χ4v) is 3.43. The van der Waals surface area contributed by atoms with E-state index in [1.54, 1.807) is 31.2 Å². The van der Waals surface area contributed by atoms with Gasteiger partial charge in [-0.3, -0.25) is 9.59 Å². The molecule has 6 heteroatoms. The monoisotopic (exact) mass is 382 g/mol. The number of ether oxygens (including phenoxy) is 1. The summed E-state index contributed by atoms with van der Waals surface area (Å²) >= 11 is 1.49. The van der Waals surface area contributed by atoms with Crippen LogP contribution in [0.3, 0.4) is 0 Å². The molecule has 0 unspecified atom stereocenters. The van der Waals surface area contributed by atoms with Crippen LogP contribution in [0.1, 0.15) is 28.4 Å². The molecule has 2 aromatic carbocycles. The Balaban J connectivity index is 1.57. The van der Waals surface area contributed by atoms with Crippen LogP contribution < -0.4 is 10.6 Å².